The zero-order valence-corrected chi connectivity index (χ0v) is 28.5. The summed E-state index contributed by atoms with van der Waals surface area (Å²) in [7, 11) is 0. The number of thiol groups is 1. The number of alkyl halides is 1. The standard InChI is InChI=1S/C9H8FNS.C9H4FNS.C6H4BrFS.C6H13BrO2/c2*10-8-1-2-9-6(3-4-12-9)7(8)5-11;7-5-3-4(9)1-2-6(5)8;1-3-8-6(5-7)9-4-2/h1-4H,5,11H2;1-4H;1-3,9H;6H,3-5H2,1-2H3. The fraction of sp³-hybridized carbons (Fsp3) is 0.233. The Labute approximate surface area is 273 Å². The molecule has 0 amide bonds. The summed E-state index contributed by atoms with van der Waals surface area (Å²) in [6.45, 7) is 5.58. The lowest BCUT2D eigenvalue weighted by molar-refractivity contribution is -0.119. The van der Waals surface area contributed by atoms with Crippen molar-refractivity contribution >= 4 is 87.3 Å². The van der Waals surface area contributed by atoms with Gasteiger partial charge in [-0.2, -0.15) is 5.26 Å². The van der Waals surface area contributed by atoms with Crippen molar-refractivity contribution in [2.45, 2.75) is 31.6 Å². The molecule has 5 rings (SSSR count). The predicted octanol–water partition coefficient (Wildman–Crippen LogP) is 10.1. The van der Waals surface area contributed by atoms with Gasteiger partial charge in [0.25, 0.3) is 0 Å². The van der Waals surface area contributed by atoms with E-state index in [9.17, 15) is 13.2 Å². The molecule has 4 nitrogen and oxygen atoms in total. The molecule has 0 radical (unpaired) electrons. The van der Waals surface area contributed by atoms with Gasteiger partial charge in [-0.3, -0.25) is 0 Å². The Morgan fingerprint density at radius 1 is 0.881 bits per heavy atom. The van der Waals surface area contributed by atoms with E-state index in [-0.39, 0.29) is 30.0 Å². The second kappa shape index (κ2) is 19.4. The lowest BCUT2D eigenvalue weighted by atomic mass is 10.1. The third-order valence-corrected chi connectivity index (χ3v) is 8.50. The topological polar surface area (TPSA) is 68.3 Å². The van der Waals surface area contributed by atoms with Gasteiger partial charge in [0, 0.05) is 45.0 Å². The average Bonchev–Trinajstić information content (AvgIpc) is 3.66. The minimum Gasteiger partial charge on any atom is -0.352 e. The van der Waals surface area contributed by atoms with Gasteiger partial charge in [-0.1, -0.05) is 15.9 Å². The van der Waals surface area contributed by atoms with Gasteiger partial charge in [0.05, 0.1) is 15.4 Å². The van der Waals surface area contributed by atoms with E-state index in [0.717, 1.165) is 25.0 Å². The van der Waals surface area contributed by atoms with Crippen LogP contribution in [0.5, 0.6) is 0 Å². The van der Waals surface area contributed by atoms with Crippen molar-refractivity contribution in [2.75, 3.05) is 18.5 Å². The molecule has 0 saturated carbocycles. The van der Waals surface area contributed by atoms with Gasteiger partial charge >= 0.3 is 0 Å². The number of ether oxygens (including phenoxy) is 2. The van der Waals surface area contributed by atoms with Crippen molar-refractivity contribution in [1.29, 1.82) is 5.26 Å². The molecule has 0 atom stereocenters. The maximum absolute atomic E-state index is 13.1. The third-order valence-electron chi connectivity index (χ3n) is 5.32. The van der Waals surface area contributed by atoms with E-state index < -0.39 is 5.82 Å². The van der Waals surface area contributed by atoms with Gasteiger partial charge in [0.1, 0.15) is 23.5 Å². The number of thiophene rings is 2. The van der Waals surface area contributed by atoms with Crippen molar-refractivity contribution in [3.8, 4) is 6.07 Å². The van der Waals surface area contributed by atoms with Crippen LogP contribution in [0.3, 0.4) is 0 Å². The number of nitrogens with zero attached hydrogens (tertiary/aromatic N) is 1. The van der Waals surface area contributed by atoms with Crippen LogP contribution in [0, 0.1) is 28.8 Å². The molecule has 2 aromatic heterocycles. The zero-order valence-electron chi connectivity index (χ0n) is 22.8. The largest absolute Gasteiger partial charge is 0.352 e. The second-order valence-electron chi connectivity index (χ2n) is 8.02. The van der Waals surface area contributed by atoms with Crippen LogP contribution in [0.2, 0.25) is 0 Å². The smallest absolute Gasteiger partial charge is 0.167 e. The number of nitriles is 1. The molecule has 0 saturated heterocycles. The number of rotatable bonds is 6. The molecule has 42 heavy (non-hydrogen) atoms. The SMILES string of the molecule is CCOC(CBr)OCC.Fc1ccc(S)cc1Br.N#Cc1c(F)ccc2sccc12.NCc1c(F)ccc2sccc12. The lowest BCUT2D eigenvalue weighted by Crippen LogP contribution is -2.18. The predicted molar refractivity (Wildman–Crippen MR) is 178 cm³/mol. The van der Waals surface area contributed by atoms with Crippen molar-refractivity contribution in [3.05, 3.63) is 98.4 Å². The van der Waals surface area contributed by atoms with E-state index in [1.165, 1.54) is 29.5 Å². The summed E-state index contributed by atoms with van der Waals surface area (Å²) in [4.78, 5) is 0.753. The number of halogens is 5. The Balaban J connectivity index is 0.000000198. The summed E-state index contributed by atoms with van der Waals surface area (Å²) < 4.78 is 51.3. The summed E-state index contributed by atoms with van der Waals surface area (Å²) in [5.41, 5.74) is 6.21. The highest BCUT2D eigenvalue weighted by molar-refractivity contribution is 9.10. The molecular formula is C30H29Br2F3N2O2S3. The summed E-state index contributed by atoms with van der Waals surface area (Å²) >= 11 is 13.4. The molecule has 0 aliphatic rings. The minimum atomic E-state index is -0.441. The van der Waals surface area contributed by atoms with E-state index >= 15 is 0 Å². The van der Waals surface area contributed by atoms with E-state index in [1.54, 1.807) is 41.7 Å². The summed E-state index contributed by atoms with van der Waals surface area (Å²) in [5.74, 6) is -0.903. The maximum Gasteiger partial charge on any atom is 0.167 e. The van der Waals surface area contributed by atoms with Crippen LogP contribution in [-0.2, 0) is 16.0 Å². The van der Waals surface area contributed by atoms with Crippen LogP contribution < -0.4 is 5.73 Å². The van der Waals surface area contributed by atoms with Gasteiger partial charge < -0.3 is 15.2 Å². The number of hydrogen-bond donors (Lipinski definition) is 2. The lowest BCUT2D eigenvalue weighted by Gasteiger charge is -2.12. The number of benzene rings is 3. The average molecular weight is 763 g/mol. The van der Waals surface area contributed by atoms with Crippen LogP contribution >= 0.6 is 67.2 Å². The minimum absolute atomic E-state index is 0.0694. The molecule has 0 fully saturated rings. The molecule has 2 N–H and O–H groups in total. The van der Waals surface area contributed by atoms with E-state index in [2.05, 4.69) is 44.5 Å². The number of nitrogens with two attached hydrogens (primary N) is 1. The van der Waals surface area contributed by atoms with E-state index in [0.29, 0.717) is 28.6 Å². The Kier molecular flexibility index (Phi) is 16.7. The Morgan fingerprint density at radius 2 is 1.43 bits per heavy atom. The van der Waals surface area contributed by atoms with Gasteiger partial charge in [-0.15, -0.1) is 35.3 Å². The van der Waals surface area contributed by atoms with Crippen LogP contribution in [0.1, 0.15) is 25.0 Å². The van der Waals surface area contributed by atoms with Crippen molar-refractivity contribution < 1.29 is 22.6 Å². The maximum atomic E-state index is 13.1. The van der Waals surface area contributed by atoms with E-state index in [1.807, 2.05) is 36.7 Å². The van der Waals surface area contributed by atoms with Gasteiger partial charge in [-0.25, -0.2) is 13.2 Å². The van der Waals surface area contributed by atoms with E-state index in [4.69, 9.17) is 20.5 Å². The summed E-state index contributed by atoms with van der Waals surface area (Å²) in [6.07, 6.45) is -0.0694. The van der Waals surface area contributed by atoms with Gasteiger partial charge in [-0.05, 0) is 101 Å². The zero-order chi connectivity index (χ0) is 31.1. The summed E-state index contributed by atoms with van der Waals surface area (Å²) in [6, 6.07) is 16.4. The fourth-order valence-electron chi connectivity index (χ4n) is 3.41. The molecule has 224 valence electrons. The first kappa shape index (κ1) is 36.2. The van der Waals surface area contributed by atoms with Crippen molar-refractivity contribution in [3.63, 3.8) is 0 Å². The highest BCUT2D eigenvalue weighted by atomic mass is 79.9. The quantitative estimate of drug-likeness (QED) is 0.103. The van der Waals surface area contributed by atoms with Crippen LogP contribution in [0.15, 0.2) is 74.7 Å². The third kappa shape index (κ3) is 11.0. The molecule has 0 aliphatic heterocycles. The number of hydrogen-bond acceptors (Lipinski definition) is 7. The number of fused-ring (bicyclic) bond motifs is 2. The first-order chi connectivity index (χ1) is 20.2. The molecule has 3 aromatic carbocycles. The molecule has 0 aliphatic carbocycles. The van der Waals surface area contributed by atoms with Crippen molar-refractivity contribution in [1.82, 2.24) is 0 Å². The molecule has 5 aromatic rings. The van der Waals surface area contributed by atoms with Crippen LogP contribution in [0.25, 0.3) is 20.2 Å². The highest BCUT2D eigenvalue weighted by Gasteiger charge is 2.07. The van der Waals surface area contributed by atoms with Crippen LogP contribution in [-0.4, -0.2) is 24.8 Å². The monoisotopic (exact) mass is 760 g/mol. The van der Waals surface area contributed by atoms with Crippen LogP contribution in [0.4, 0.5) is 13.2 Å². The molecular weight excluding hydrogens is 733 g/mol. The first-order valence-electron chi connectivity index (χ1n) is 12.5. The van der Waals surface area contributed by atoms with Gasteiger partial charge in [0.15, 0.2) is 6.29 Å². The molecule has 12 heteroatoms. The summed E-state index contributed by atoms with van der Waals surface area (Å²) in [5, 5.41) is 14.9. The highest BCUT2D eigenvalue weighted by Crippen LogP contribution is 2.26. The Hall–Kier alpha value is -1.95. The Morgan fingerprint density at radius 3 is 1.93 bits per heavy atom. The van der Waals surface area contributed by atoms with Crippen molar-refractivity contribution in [2.24, 2.45) is 5.73 Å². The molecule has 0 spiro atoms. The molecule has 0 unspecified atom stereocenters. The van der Waals surface area contributed by atoms with Gasteiger partial charge in [0.2, 0.25) is 0 Å². The molecule has 2 heterocycles. The Bertz CT molecular complexity index is 1590. The normalized spacial score (nSPS) is 10.3. The first-order valence-corrected chi connectivity index (χ1v) is 16.7. The molecule has 0 bridgehead atoms. The second-order valence-corrected chi connectivity index (χ2v) is 11.9. The fourth-order valence-corrected chi connectivity index (χ4v) is 6.15.